The normalized spacial score (nSPS) is 21.5. The molecule has 1 N–H and O–H groups in total. The van der Waals surface area contributed by atoms with E-state index in [4.69, 9.17) is 25.8 Å². The lowest BCUT2D eigenvalue weighted by Gasteiger charge is -2.42. The van der Waals surface area contributed by atoms with Crippen molar-refractivity contribution in [2.45, 2.75) is 68.3 Å². The van der Waals surface area contributed by atoms with Crippen LogP contribution >= 0.6 is 11.6 Å². The zero-order valence-corrected chi connectivity index (χ0v) is 35.7. The average molecular weight is 882 g/mol. The maximum atomic E-state index is 15.8. The first-order valence-electron chi connectivity index (χ1n) is 18.9. The monoisotopic (exact) mass is 881 g/mol. The molecule has 326 valence electrons. The lowest BCUT2D eigenvalue weighted by atomic mass is 9.80. The van der Waals surface area contributed by atoms with E-state index in [-0.39, 0.29) is 46.3 Å². The highest BCUT2D eigenvalue weighted by atomic mass is 35.5. The highest BCUT2D eigenvalue weighted by molar-refractivity contribution is 7.93. The molecule has 3 aromatic carbocycles. The molecule has 3 aromatic rings. The summed E-state index contributed by atoms with van der Waals surface area (Å²) in [5, 5.41) is 11.3. The van der Waals surface area contributed by atoms with E-state index in [2.05, 4.69) is 9.64 Å². The molecule has 2 fully saturated rings. The summed E-state index contributed by atoms with van der Waals surface area (Å²) in [6.45, 7) is 6.96. The number of carbonyl (C=O) groups is 3. The molecular formula is C40H47ClF3N5O10S. The Balaban J connectivity index is 1.54. The van der Waals surface area contributed by atoms with Crippen molar-refractivity contribution < 1.29 is 60.0 Å². The molecule has 0 aliphatic carbocycles. The van der Waals surface area contributed by atoms with Crippen LogP contribution in [0, 0.1) is 0 Å². The zero-order valence-electron chi connectivity index (χ0n) is 34.1. The third-order valence-electron chi connectivity index (χ3n) is 10.5. The van der Waals surface area contributed by atoms with Crippen LogP contribution in [-0.2, 0) is 36.4 Å². The van der Waals surface area contributed by atoms with E-state index in [1.807, 2.05) is 0 Å². The van der Waals surface area contributed by atoms with Gasteiger partial charge in [-0.25, -0.2) is 17.5 Å². The van der Waals surface area contributed by atoms with Crippen molar-refractivity contribution in [3.63, 3.8) is 0 Å². The summed E-state index contributed by atoms with van der Waals surface area (Å²) in [7, 11) is 0.182. The van der Waals surface area contributed by atoms with Gasteiger partial charge in [-0.15, -0.1) is 13.2 Å². The van der Waals surface area contributed by atoms with Crippen LogP contribution in [0.15, 0.2) is 59.5 Å². The molecule has 0 aromatic heterocycles. The number of ether oxygens (including phenoxy) is 4. The van der Waals surface area contributed by atoms with Crippen LogP contribution in [0.2, 0.25) is 5.02 Å². The fraction of sp³-hybridized carbons (Fsp3) is 0.475. The first kappa shape index (κ1) is 44.7. The predicted octanol–water partition coefficient (Wildman–Crippen LogP) is 4.81. The number of sulfonamides is 1. The number of rotatable bonds is 10. The first-order chi connectivity index (χ1) is 28.0. The Hall–Kier alpha value is -4.82. The number of carbonyl (C=O) groups excluding carboxylic acids is 3. The van der Waals surface area contributed by atoms with Gasteiger partial charge in [-0.05, 0) is 75.2 Å². The quantitative estimate of drug-likeness (QED) is 0.297. The minimum absolute atomic E-state index is 0.0394. The summed E-state index contributed by atoms with van der Waals surface area (Å²) < 4.78 is 92.3. The number of alkyl halides is 3. The van der Waals surface area contributed by atoms with Crippen LogP contribution in [0.1, 0.15) is 43.9 Å². The SMILES string of the molecule is COc1ccc(S(=O)(=O)N2C(=O)C(c3cc(CN4CCN(C(=O)OC(C)(C)C)CC4)ccc3OC)(N3CC(O)CC3C(=O)N(C)C)c3cc(Cl)ccc32)c(OC(F)(F)F)c1. The Kier molecular flexibility index (Phi) is 12.3. The van der Waals surface area contributed by atoms with Crippen molar-refractivity contribution in [1.29, 1.82) is 0 Å². The summed E-state index contributed by atoms with van der Waals surface area (Å²) in [6.07, 6.45) is -7.11. The number of β-amino-alcohol motifs (C(OH)–C–C–N with tert-alkyl or cyclic N) is 1. The fourth-order valence-electron chi connectivity index (χ4n) is 7.94. The van der Waals surface area contributed by atoms with Gasteiger partial charge in [-0.3, -0.25) is 19.4 Å². The summed E-state index contributed by atoms with van der Waals surface area (Å²) >= 11 is 6.63. The highest BCUT2D eigenvalue weighted by Crippen LogP contribution is 2.55. The number of hydrogen-bond donors (Lipinski definition) is 1. The van der Waals surface area contributed by atoms with E-state index in [0.717, 1.165) is 18.2 Å². The van der Waals surface area contributed by atoms with Crippen LogP contribution in [0.5, 0.6) is 17.2 Å². The smallest absolute Gasteiger partial charge is 0.497 e. The van der Waals surface area contributed by atoms with E-state index in [0.29, 0.717) is 42.6 Å². The molecule has 3 atom stereocenters. The standard InChI is InChI=1S/C40H47ClF3N5O10S/c1-38(2,3)59-37(53)47-16-14-46(15-17-47)22-24-8-12-32(57-7)29(18-24)39(48-23-26(50)20-31(48)35(51)45(4)5)28-19-25(41)9-11-30(28)49(36(39)52)60(54,55)34-13-10-27(56-6)21-33(34)58-40(42,43)44/h8-13,18-19,21,26,31,50H,14-17,20,22-23H2,1-7H3. The Morgan fingerprint density at radius 1 is 0.933 bits per heavy atom. The number of likely N-dealkylation sites (tertiary alicyclic amines) is 1. The number of aliphatic hydroxyl groups excluding tert-OH is 1. The number of halogens is 4. The third kappa shape index (κ3) is 8.54. The van der Waals surface area contributed by atoms with Crippen molar-refractivity contribution in [2.75, 3.05) is 65.3 Å². The second kappa shape index (κ2) is 16.6. The Morgan fingerprint density at radius 3 is 2.22 bits per heavy atom. The lowest BCUT2D eigenvalue weighted by Crippen LogP contribution is -2.59. The molecule has 3 aliphatic rings. The lowest BCUT2D eigenvalue weighted by molar-refractivity contribution is -0.275. The zero-order chi connectivity index (χ0) is 44.1. The van der Waals surface area contributed by atoms with E-state index >= 15 is 4.79 Å². The fourth-order valence-corrected chi connectivity index (χ4v) is 9.67. The molecule has 0 radical (unpaired) electrons. The number of likely N-dealkylation sites (N-methyl/N-ethyl adjacent to an activating group) is 1. The van der Waals surface area contributed by atoms with Gasteiger partial charge in [0.05, 0.1) is 32.1 Å². The third-order valence-corrected chi connectivity index (χ3v) is 12.4. The topological polar surface area (TPSA) is 159 Å². The minimum Gasteiger partial charge on any atom is -0.497 e. The number of methoxy groups -OCH3 is 2. The van der Waals surface area contributed by atoms with Crippen molar-refractivity contribution in [2.24, 2.45) is 0 Å². The molecule has 3 heterocycles. The number of benzene rings is 3. The number of hydrogen-bond acceptors (Lipinski definition) is 12. The van der Waals surface area contributed by atoms with Crippen LogP contribution < -0.4 is 18.5 Å². The van der Waals surface area contributed by atoms with Crippen molar-refractivity contribution >= 4 is 45.2 Å². The number of nitrogens with zero attached hydrogens (tertiary/aromatic N) is 5. The Labute approximate surface area is 351 Å². The van der Waals surface area contributed by atoms with Crippen molar-refractivity contribution in [3.8, 4) is 17.2 Å². The van der Waals surface area contributed by atoms with E-state index in [1.165, 1.54) is 56.3 Å². The summed E-state index contributed by atoms with van der Waals surface area (Å²) in [4.78, 5) is 47.9. The summed E-state index contributed by atoms with van der Waals surface area (Å²) in [5.41, 5.74) is -2.58. The van der Waals surface area contributed by atoms with Crippen LogP contribution in [0.25, 0.3) is 0 Å². The van der Waals surface area contributed by atoms with Crippen molar-refractivity contribution in [3.05, 3.63) is 76.3 Å². The molecule has 60 heavy (non-hydrogen) atoms. The van der Waals surface area contributed by atoms with Gasteiger partial charge in [0.15, 0.2) is 11.3 Å². The van der Waals surface area contributed by atoms with Gasteiger partial charge < -0.3 is 33.9 Å². The molecule has 3 amide bonds. The summed E-state index contributed by atoms with van der Waals surface area (Å²) in [6, 6.07) is 10.4. The molecule has 0 saturated carbocycles. The highest BCUT2D eigenvalue weighted by Gasteiger charge is 2.64. The largest absolute Gasteiger partial charge is 0.573 e. The molecule has 3 unspecified atom stereocenters. The molecular weight excluding hydrogens is 835 g/mol. The first-order valence-corrected chi connectivity index (χ1v) is 20.7. The van der Waals surface area contributed by atoms with Gasteiger partial charge in [-0.1, -0.05) is 17.7 Å². The van der Waals surface area contributed by atoms with E-state index < -0.39 is 68.2 Å². The maximum absolute atomic E-state index is 15.8. The van der Waals surface area contributed by atoms with Crippen LogP contribution in [-0.4, -0.2) is 136 Å². The number of aliphatic hydroxyl groups is 1. The second-order valence-corrected chi connectivity index (χ2v) is 18.1. The minimum atomic E-state index is -5.34. The molecule has 0 bridgehead atoms. The van der Waals surface area contributed by atoms with E-state index in [9.17, 15) is 36.3 Å². The van der Waals surface area contributed by atoms with E-state index in [1.54, 1.807) is 43.9 Å². The molecule has 3 aliphatic heterocycles. The van der Waals surface area contributed by atoms with Gasteiger partial charge in [0.1, 0.15) is 22.0 Å². The van der Waals surface area contributed by atoms with Gasteiger partial charge in [0.2, 0.25) is 5.91 Å². The Bertz CT molecular complexity index is 2270. The number of fused-ring (bicyclic) bond motifs is 1. The number of anilines is 1. The number of amides is 3. The summed E-state index contributed by atoms with van der Waals surface area (Å²) in [5.74, 6) is -2.95. The molecule has 2 saturated heterocycles. The van der Waals surface area contributed by atoms with Crippen molar-refractivity contribution in [1.82, 2.24) is 19.6 Å². The van der Waals surface area contributed by atoms with Gasteiger partial charge in [0, 0.05) is 75.6 Å². The second-order valence-electron chi connectivity index (χ2n) is 15.9. The van der Waals surface area contributed by atoms with Crippen LogP contribution in [0.3, 0.4) is 0 Å². The average Bonchev–Trinajstić information content (AvgIpc) is 3.67. The molecule has 6 rings (SSSR count). The molecule has 0 spiro atoms. The molecule has 20 heteroatoms. The predicted molar refractivity (Wildman–Crippen MR) is 212 cm³/mol. The van der Waals surface area contributed by atoms with Crippen LogP contribution in [0.4, 0.5) is 23.7 Å². The molecule has 15 nitrogen and oxygen atoms in total. The number of piperazine rings is 1. The Morgan fingerprint density at radius 2 is 1.62 bits per heavy atom. The van der Waals surface area contributed by atoms with Gasteiger partial charge >= 0.3 is 12.5 Å². The maximum Gasteiger partial charge on any atom is 0.573 e. The van der Waals surface area contributed by atoms with Gasteiger partial charge in [0.25, 0.3) is 15.9 Å². The van der Waals surface area contributed by atoms with Gasteiger partial charge in [-0.2, -0.15) is 0 Å².